The van der Waals surface area contributed by atoms with Gasteiger partial charge in [0.1, 0.15) is 0 Å². The van der Waals surface area contributed by atoms with Gasteiger partial charge < -0.3 is 9.64 Å². The van der Waals surface area contributed by atoms with Gasteiger partial charge in [-0.05, 0) is 29.3 Å². The van der Waals surface area contributed by atoms with Crippen molar-refractivity contribution in [2.24, 2.45) is 0 Å². The molecule has 0 fully saturated rings. The van der Waals surface area contributed by atoms with E-state index >= 15 is 0 Å². The van der Waals surface area contributed by atoms with Gasteiger partial charge >= 0.3 is 5.97 Å². The third-order valence-electron chi connectivity index (χ3n) is 4.82. The molecule has 0 unspecified atom stereocenters. The fourth-order valence-electron chi connectivity index (χ4n) is 3.23. The number of hydrogen-bond acceptors (Lipinski definition) is 5. The van der Waals surface area contributed by atoms with Crippen LogP contribution in [0.4, 0.5) is 0 Å². The molecule has 1 aromatic heterocycles. The summed E-state index contributed by atoms with van der Waals surface area (Å²) < 4.78 is 5.32. The summed E-state index contributed by atoms with van der Waals surface area (Å²) in [7, 11) is 0. The Morgan fingerprint density at radius 1 is 0.742 bits per heavy atom. The summed E-state index contributed by atoms with van der Waals surface area (Å²) in [5, 5.41) is 0. The predicted molar refractivity (Wildman–Crippen MR) is 117 cm³/mol. The maximum atomic E-state index is 12.9. The van der Waals surface area contributed by atoms with Crippen LogP contribution in [0.15, 0.2) is 91.3 Å². The third kappa shape index (κ3) is 5.30. The molecule has 0 saturated heterocycles. The van der Waals surface area contributed by atoms with E-state index in [0.29, 0.717) is 29.7 Å². The number of aromatic nitrogens is 2. The Kier molecular flexibility index (Phi) is 6.28. The van der Waals surface area contributed by atoms with E-state index in [4.69, 9.17) is 4.74 Å². The summed E-state index contributed by atoms with van der Waals surface area (Å²) in [6.45, 7) is 0.520. The molecule has 0 aliphatic rings. The zero-order valence-corrected chi connectivity index (χ0v) is 16.8. The number of esters is 1. The lowest BCUT2D eigenvalue weighted by atomic mass is 10.1. The Balaban J connectivity index is 1.44. The van der Waals surface area contributed by atoms with Crippen molar-refractivity contribution in [2.75, 3.05) is 6.61 Å². The number of carbonyl (C=O) groups is 2. The van der Waals surface area contributed by atoms with Crippen LogP contribution in [0.2, 0.25) is 0 Å². The van der Waals surface area contributed by atoms with Crippen LogP contribution in [0.25, 0.3) is 11.0 Å². The van der Waals surface area contributed by atoms with E-state index in [2.05, 4.69) is 9.97 Å². The second kappa shape index (κ2) is 9.63. The molecule has 154 valence electrons. The molecule has 4 aromatic rings. The lowest BCUT2D eigenvalue weighted by Crippen LogP contribution is -2.33. The number of fused-ring (bicyclic) bond motifs is 1. The quantitative estimate of drug-likeness (QED) is 0.430. The van der Waals surface area contributed by atoms with Crippen LogP contribution in [-0.4, -0.2) is 33.4 Å². The summed E-state index contributed by atoms with van der Waals surface area (Å²) in [6.07, 6.45) is 3.15. The van der Waals surface area contributed by atoms with E-state index in [0.717, 1.165) is 11.1 Å². The van der Waals surface area contributed by atoms with Gasteiger partial charge in [0.05, 0.1) is 16.6 Å². The average molecular weight is 411 g/mol. The Morgan fingerprint density at radius 3 is 1.94 bits per heavy atom. The highest BCUT2D eigenvalue weighted by Gasteiger charge is 2.18. The molecule has 1 amide bonds. The van der Waals surface area contributed by atoms with Crippen LogP contribution in [-0.2, 0) is 22.6 Å². The van der Waals surface area contributed by atoms with Crippen LogP contribution in [0.3, 0.4) is 0 Å². The largest absolute Gasteiger partial charge is 0.452 e. The van der Waals surface area contributed by atoms with Gasteiger partial charge in [-0.3, -0.25) is 14.8 Å². The van der Waals surface area contributed by atoms with Crippen molar-refractivity contribution in [1.82, 2.24) is 14.9 Å². The molecule has 0 saturated carbocycles. The summed E-state index contributed by atoms with van der Waals surface area (Å²) in [5.41, 5.74) is 3.63. The van der Waals surface area contributed by atoms with Crippen LogP contribution < -0.4 is 0 Å². The summed E-state index contributed by atoms with van der Waals surface area (Å²) in [4.78, 5) is 35.5. The molecule has 0 spiro atoms. The maximum absolute atomic E-state index is 12.9. The molecule has 0 bridgehead atoms. The Bertz CT molecular complexity index is 1140. The Labute approximate surface area is 180 Å². The van der Waals surface area contributed by atoms with Crippen LogP contribution in [0.1, 0.15) is 21.5 Å². The summed E-state index contributed by atoms with van der Waals surface area (Å²) in [5.74, 6) is -0.832. The number of nitrogens with zero attached hydrogens (tertiary/aromatic N) is 3. The van der Waals surface area contributed by atoms with E-state index in [1.807, 2.05) is 60.7 Å². The predicted octanol–water partition coefficient (Wildman–Crippen LogP) is 4.02. The van der Waals surface area contributed by atoms with E-state index in [-0.39, 0.29) is 12.5 Å². The van der Waals surface area contributed by atoms with Crippen molar-refractivity contribution >= 4 is 22.9 Å². The summed E-state index contributed by atoms with van der Waals surface area (Å²) in [6, 6.07) is 24.4. The molecular formula is C25H21N3O3. The zero-order valence-electron chi connectivity index (χ0n) is 16.8. The van der Waals surface area contributed by atoms with Gasteiger partial charge in [0.25, 0.3) is 5.91 Å². The molecule has 6 nitrogen and oxygen atoms in total. The van der Waals surface area contributed by atoms with Crippen LogP contribution in [0, 0.1) is 0 Å². The highest BCUT2D eigenvalue weighted by molar-refractivity contribution is 5.94. The molecule has 3 aromatic carbocycles. The number of rotatable bonds is 7. The first kappa shape index (κ1) is 20.2. The minimum atomic E-state index is -0.569. The van der Waals surface area contributed by atoms with Crippen molar-refractivity contribution < 1.29 is 14.3 Å². The van der Waals surface area contributed by atoms with Crippen molar-refractivity contribution in [3.63, 3.8) is 0 Å². The molecular weight excluding hydrogens is 390 g/mol. The molecule has 0 atom stereocenters. The van der Waals surface area contributed by atoms with E-state index < -0.39 is 5.97 Å². The van der Waals surface area contributed by atoms with Gasteiger partial charge in [0.15, 0.2) is 6.61 Å². The Morgan fingerprint density at radius 2 is 1.32 bits per heavy atom. The minimum Gasteiger partial charge on any atom is -0.452 e. The van der Waals surface area contributed by atoms with Gasteiger partial charge in [-0.15, -0.1) is 0 Å². The number of carbonyl (C=O) groups excluding carboxylic acids is 2. The molecule has 0 aliphatic heterocycles. The first-order chi connectivity index (χ1) is 15.2. The molecule has 0 N–H and O–H groups in total. The molecule has 6 heteroatoms. The fraction of sp³-hybridized carbons (Fsp3) is 0.120. The van der Waals surface area contributed by atoms with Crippen molar-refractivity contribution in [2.45, 2.75) is 13.1 Å². The van der Waals surface area contributed by atoms with Crippen LogP contribution >= 0.6 is 0 Å². The molecule has 0 radical (unpaired) electrons. The first-order valence-corrected chi connectivity index (χ1v) is 9.92. The van der Waals surface area contributed by atoms with Crippen molar-refractivity contribution in [1.29, 1.82) is 0 Å². The maximum Gasteiger partial charge on any atom is 0.338 e. The van der Waals surface area contributed by atoms with E-state index in [9.17, 15) is 9.59 Å². The van der Waals surface area contributed by atoms with Gasteiger partial charge in [0, 0.05) is 25.5 Å². The highest BCUT2D eigenvalue weighted by Crippen LogP contribution is 2.13. The molecule has 31 heavy (non-hydrogen) atoms. The van der Waals surface area contributed by atoms with Gasteiger partial charge in [0.2, 0.25) is 0 Å². The smallest absolute Gasteiger partial charge is 0.338 e. The van der Waals surface area contributed by atoms with Crippen LogP contribution in [0.5, 0.6) is 0 Å². The standard InChI is InChI=1S/C25H21N3O3/c29-24(18-31-25(30)21-11-12-22-23(15-21)27-14-13-26-22)28(16-19-7-3-1-4-8-19)17-20-9-5-2-6-10-20/h1-15H,16-18H2. The molecule has 0 aliphatic carbocycles. The SMILES string of the molecule is O=C(OCC(=O)N(Cc1ccccc1)Cc1ccccc1)c1ccc2nccnc2c1. The monoisotopic (exact) mass is 411 g/mol. The topological polar surface area (TPSA) is 72.4 Å². The molecule has 1 heterocycles. The second-order valence-corrected chi connectivity index (χ2v) is 7.06. The summed E-state index contributed by atoms with van der Waals surface area (Å²) >= 11 is 0. The first-order valence-electron chi connectivity index (χ1n) is 9.92. The van der Waals surface area contributed by atoms with Gasteiger partial charge in [-0.1, -0.05) is 60.7 Å². The van der Waals surface area contributed by atoms with Crippen molar-refractivity contribution in [3.8, 4) is 0 Å². The van der Waals surface area contributed by atoms with E-state index in [1.54, 1.807) is 35.5 Å². The minimum absolute atomic E-state index is 0.262. The highest BCUT2D eigenvalue weighted by atomic mass is 16.5. The normalized spacial score (nSPS) is 10.6. The van der Waals surface area contributed by atoms with Gasteiger partial charge in [-0.2, -0.15) is 0 Å². The van der Waals surface area contributed by atoms with Gasteiger partial charge in [-0.25, -0.2) is 4.79 Å². The average Bonchev–Trinajstić information content (AvgIpc) is 2.83. The second-order valence-electron chi connectivity index (χ2n) is 7.06. The number of ether oxygens (including phenoxy) is 1. The third-order valence-corrected chi connectivity index (χ3v) is 4.82. The number of amides is 1. The number of benzene rings is 3. The number of hydrogen-bond donors (Lipinski definition) is 0. The molecule has 4 rings (SSSR count). The van der Waals surface area contributed by atoms with Crippen molar-refractivity contribution in [3.05, 3.63) is 108 Å². The van der Waals surface area contributed by atoms with E-state index in [1.165, 1.54) is 0 Å². The fourth-order valence-corrected chi connectivity index (χ4v) is 3.23. The lowest BCUT2D eigenvalue weighted by molar-refractivity contribution is -0.135. The Hall–Kier alpha value is -4.06. The lowest BCUT2D eigenvalue weighted by Gasteiger charge is -2.23. The zero-order chi connectivity index (χ0) is 21.5.